The molecular formula is C14H23N3O3. The summed E-state index contributed by atoms with van der Waals surface area (Å²) in [5.41, 5.74) is 0.119. The first-order valence-electron chi connectivity index (χ1n) is 7.53. The van der Waals surface area contributed by atoms with Gasteiger partial charge in [-0.2, -0.15) is 0 Å². The number of piperidine rings is 1. The maximum Gasteiger partial charge on any atom is 0.242 e. The molecule has 3 saturated heterocycles. The Morgan fingerprint density at radius 2 is 1.95 bits per heavy atom. The summed E-state index contributed by atoms with van der Waals surface area (Å²) in [6.45, 7) is 5.48. The Bertz CT molecular complexity index is 387. The second-order valence-corrected chi connectivity index (χ2v) is 6.17. The van der Waals surface area contributed by atoms with Gasteiger partial charge in [0.2, 0.25) is 11.8 Å². The SMILES string of the molecule is O=C(CN1CC2(CCNCC2)CC1=O)N1CCOCC1. The van der Waals surface area contributed by atoms with Crippen LogP contribution in [0, 0.1) is 5.41 Å². The summed E-state index contributed by atoms with van der Waals surface area (Å²) in [4.78, 5) is 28.0. The molecule has 3 rings (SSSR count). The highest BCUT2D eigenvalue weighted by Gasteiger charge is 2.44. The smallest absolute Gasteiger partial charge is 0.242 e. The van der Waals surface area contributed by atoms with Crippen LogP contribution >= 0.6 is 0 Å². The zero-order valence-corrected chi connectivity index (χ0v) is 11.9. The number of rotatable bonds is 2. The molecule has 0 radical (unpaired) electrons. The van der Waals surface area contributed by atoms with Gasteiger partial charge in [0.25, 0.3) is 0 Å². The van der Waals surface area contributed by atoms with Crippen LogP contribution in [0.1, 0.15) is 19.3 Å². The molecule has 20 heavy (non-hydrogen) atoms. The van der Waals surface area contributed by atoms with Gasteiger partial charge in [-0.1, -0.05) is 0 Å². The van der Waals surface area contributed by atoms with Crippen LogP contribution in [0.5, 0.6) is 0 Å². The minimum Gasteiger partial charge on any atom is -0.378 e. The molecule has 6 heteroatoms. The van der Waals surface area contributed by atoms with Crippen LogP contribution < -0.4 is 5.32 Å². The number of hydrogen-bond donors (Lipinski definition) is 1. The number of ether oxygens (including phenoxy) is 1. The average molecular weight is 281 g/mol. The maximum atomic E-state index is 12.2. The van der Waals surface area contributed by atoms with Gasteiger partial charge in [0.15, 0.2) is 0 Å². The predicted octanol–water partition coefficient (Wildman–Crippen LogP) is -0.553. The highest BCUT2D eigenvalue weighted by molar-refractivity contribution is 5.86. The number of carbonyl (C=O) groups is 2. The van der Waals surface area contributed by atoms with E-state index < -0.39 is 0 Å². The van der Waals surface area contributed by atoms with Gasteiger partial charge in [-0.15, -0.1) is 0 Å². The molecule has 1 N–H and O–H groups in total. The summed E-state index contributed by atoms with van der Waals surface area (Å²) in [7, 11) is 0. The highest BCUT2D eigenvalue weighted by atomic mass is 16.5. The fourth-order valence-electron chi connectivity index (χ4n) is 3.49. The van der Waals surface area contributed by atoms with Gasteiger partial charge in [-0.3, -0.25) is 9.59 Å². The van der Waals surface area contributed by atoms with Crippen LogP contribution in [0.25, 0.3) is 0 Å². The van der Waals surface area contributed by atoms with E-state index in [4.69, 9.17) is 4.74 Å². The van der Waals surface area contributed by atoms with Crippen molar-refractivity contribution in [2.45, 2.75) is 19.3 Å². The van der Waals surface area contributed by atoms with Crippen molar-refractivity contribution in [3.63, 3.8) is 0 Å². The van der Waals surface area contributed by atoms with Gasteiger partial charge < -0.3 is 19.9 Å². The minimum absolute atomic E-state index is 0.0626. The Kier molecular flexibility index (Phi) is 3.94. The third-order valence-corrected chi connectivity index (χ3v) is 4.76. The van der Waals surface area contributed by atoms with E-state index in [2.05, 4.69) is 5.32 Å². The molecule has 0 unspecified atom stereocenters. The molecule has 1 spiro atoms. The second-order valence-electron chi connectivity index (χ2n) is 6.17. The summed E-state index contributed by atoms with van der Waals surface area (Å²) in [6.07, 6.45) is 2.70. The summed E-state index contributed by atoms with van der Waals surface area (Å²) in [6, 6.07) is 0. The Balaban J connectivity index is 1.57. The average Bonchev–Trinajstić information content (AvgIpc) is 2.76. The Morgan fingerprint density at radius 1 is 1.25 bits per heavy atom. The molecule has 112 valence electrons. The Labute approximate surface area is 119 Å². The van der Waals surface area contributed by atoms with Gasteiger partial charge in [-0.25, -0.2) is 0 Å². The lowest BCUT2D eigenvalue weighted by Crippen LogP contribution is -2.46. The normalized spacial score (nSPS) is 26.3. The molecule has 3 aliphatic heterocycles. The van der Waals surface area contributed by atoms with E-state index in [1.807, 2.05) is 4.90 Å². The number of likely N-dealkylation sites (tertiary alicyclic amines) is 1. The van der Waals surface area contributed by atoms with Crippen molar-refractivity contribution in [3.05, 3.63) is 0 Å². The Hall–Kier alpha value is -1.14. The number of amides is 2. The monoisotopic (exact) mass is 281 g/mol. The number of carbonyl (C=O) groups excluding carboxylic acids is 2. The van der Waals surface area contributed by atoms with Crippen LogP contribution in [0.4, 0.5) is 0 Å². The van der Waals surface area contributed by atoms with Crippen LogP contribution in [-0.2, 0) is 14.3 Å². The third kappa shape index (κ3) is 2.81. The number of hydrogen-bond acceptors (Lipinski definition) is 4. The lowest BCUT2D eigenvalue weighted by atomic mass is 9.78. The topological polar surface area (TPSA) is 61.9 Å². The standard InChI is InChI=1S/C14H23N3O3/c18-12-9-14(1-3-15-4-2-14)11-17(12)10-13(19)16-5-7-20-8-6-16/h15H,1-11H2. The summed E-state index contributed by atoms with van der Waals surface area (Å²) >= 11 is 0. The van der Waals surface area contributed by atoms with Gasteiger partial charge >= 0.3 is 0 Å². The van der Waals surface area contributed by atoms with E-state index in [1.54, 1.807) is 4.90 Å². The maximum absolute atomic E-state index is 12.2. The molecule has 0 aromatic heterocycles. The van der Waals surface area contributed by atoms with E-state index in [0.717, 1.165) is 32.5 Å². The lowest BCUT2D eigenvalue weighted by Gasteiger charge is -2.33. The lowest BCUT2D eigenvalue weighted by molar-refractivity contribution is -0.141. The zero-order valence-electron chi connectivity index (χ0n) is 11.9. The number of nitrogens with zero attached hydrogens (tertiary/aromatic N) is 2. The van der Waals surface area contributed by atoms with Gasteiger partial charge in [-0.05, 0) is 31.3 Å². The molecule has 0 aliphatic carbocycles. The van der Waals surface area contributed by atoms with E-state index in [1.165, 1.54) is 0 Å². The van der Waals surface area contributed by atoms with Gasteiger partial charge in [0.1, 0.15) is 0 Å². The molecule has 0 atom stereocenters. The van der Waals surface area contributed by atoms with Crippen molar-refractivity contribution in [1.29, 1.82) is 0 Å². The number of morpholine rings is 1. The van der Waals surface area contributed by atoms with E-state index in [0.29, 0.717) is 32.7 Å². The first-order chi connectivity index (χ1) is 9.69. The van der Waals surface area contributed by atoms with Crippen molar-refractivity contribution in [1.82, 2.24) is 15.1 Å². The molecular weight excluding hydrogens is 258 g/mol. The van der Waals surface area contributed by atoms with E-state index >= 15 is 0 Å². The van der Waals surface area contributed by atoms with E-state index in [9.17, 15) is 9.59 Å². The van der Waals surface area contributed by atoms with Gasteiger partial charge in [0, 0.05) is 26.1 Å². The molecule has 0 bridgehead atoms. The summed E-state index contributed by atoms with van der Waals surface area (Å²) in [5.74, 6) is 0.209. The molecule has 0 saturated carbocycles. The largest absolute Gasteiger partial charge is 0.378 e. The predicted molar refractivity (Wildman–Crippen MR) is 73.1 cm³/mol. The summed E-state index contributed by atoms with van der Waals surface area (Å²) in [5, 5.41) is 3.34. The van der Waals surface area contributed by atoms with Crippen LogP contribution in [0.3, 0.4) is 0 Å². The van der Waals surface area contributed by atoms with Crippen LogP contribution in [0.15, 0.2) is 0 Å². The van der Waals surface area contributed by atoms with Crippen LogP contribution in [0.2, 0.25) is 0 Å². The molecule has 3 heterocycles. The van der Waals surface area contributed by atoms with E-state index in [-0.39, 0.29) is 23.8 Å². The van der Waals surface area contributed by atoms with Crippen LogP contribution in [-0.4, -0.2) is 74.1 Å². The summed E-state index contributed by atoms with van der Waals surface area (Å²) < 4.78 is 5.25. The molecule has 0 aromatic rings. The quantitative estimate of drug-likeness (QED) is 0.737. The fraction of sp³-hybridized carbons (Fsp3) is 0.857. The minimum atomic E-state index is 0.0626. The third-order valence-electron chi connectivity index (χ3n) is 4.76. The second kappa shape index (κ2) is 5.69. The van der Waals surface area contributed by atoms with Gasteiger partial charge in [0.05, 0.1) is 19.8 Å². The van der Waals surface area contributed by atoms with Crippen molar-refractivity contribution in [3.8, 4) is 0 Å². The first kappa shape index (κ1) is 13.8. The highest BCUT2D eigenvalue weighted by Crippen LogP contribution is 2.39. The zero-order chi connectivity index (χ0) is 14.0. The van der Waals surface area contributed by atoms with Crippen molar-refractivity contribution >= 4 is 11.8 Å². The number of nitrogens with one attached hydrogen (secondary N) is 1. The molecule has 3 aliphatic rings. The van der Waals surface area contributed by atoms with Crippen molar-refractivity contribution in [2.75, 3.05) is 52.5 Å². The Morgan fingerprint density at radius 3 is 2.65 bits per heavy atom. The van der Waals surface area contributed by atoms with Crippen molar-refractivity contribution in [2.24, 2.45) is 5.41 Å². The molecule has 0 aromatic carbocycles. The van der Waals surface area contributed by atoms with Crippen molar-refractivity contribution < 1.29 is 14.3 Å². The molecule has 2 amide bonds. The molecule has 6 nitrogen and oxygen atoms in total. The molecule has 3 fully saturated rings. The first-order valence-corrected chi connectivity index (χ1v) is 7.53. The fourth-order valence-corrected chi connectivity index (χ4v) is 3.49.